The Morgan fingerprint density at radius 1 is 1.35 bits per heavy atom. The van der Waals surface area contributed by atoms with Gasteiger partial charge in [-0.1, -0.05) is 6.42 Å². The molecule has 0 aliphatic carbocycles. The number of hydrogen-bond donors (Lipinski definition) is 1. The Bertz CT molecular complexity index is 332. The molecule has 5 nitrogen and oxygen atoms in total. The molecule has 2 rings (SSSR count). The lowest BCUT2D eigenvalue weighted by molar-refractivity contribution is -0.139. The molecule has 2 amide bonds. The first-order chi connectivity index (χ1) is 8.06. The second-order valence-electron chi connectivity index (χ2n) is 5.13. The summed E-state index contributed by atoms with van der Waals surface area (Å²) in [7, 11) is 1.57. The third-order valence-corrected chi connectivity index (χ3v) is 4.08. The smallest absolute Gasteiger partial charge is 0.246 e. The molecule has 0 bridgehead atoms. The van der Waals surface area contributed by atoms with Crippen LogP contribution in [0.2, 0.25) is 0 Å². The highest BCUT2D eigenvalue weighted by molar-refractivity contribution is 6.05. The number of hydrogen-bond acceptors (Lipinski definition) is 4. The quantitative estimate of drug-likeness (QED) is 0.686. The minimum Gasteiger partial charge on any atom is -0.329 e. The fourth-order valence-corrected chi connectivity index (χ4v) is 3.08. The number of amides is 2. The van der Waals surface area contributed by atoms with Crippen LogP contribution in [0.25, 0.3) is 0 Å². The standard InChI is InChI=1S/C12H21N3O2/c1-8-4-3-5-9(7-13)15(8)10-6-11(16)14(2)12(10)17/h8-10H,3-7,13H2,1-2H3. The number of nitrogens with two attached hydrogens (primary N) is 1. The molecule has 3 atom stereocenters. The number of carbonyl (C=O) groups is 2. The van der Waals surface area contributed by atoms with Gasteiger partial charge in [-0.15, -0.1) is 0 Å². The van der Waals surface area contributed by atoms with E-state index in [4.69, 9.17) is 5.73 Å². The third-order valence-electron chi connectivity index (χ3n) is 4.08. The zero-order chi connectivity index (χ0) is 12.6. The van der Waals surface area contributed by atoms with E-state index in [9.17, 15) is 9.59 Å². The van der Waals surface area contributed by atoms with Gasteiger partial charge in [0.15, 0.2) is 0 Å². The molecule has 0 aromatic carbocycles. The van der Waals surface area contributed by atoms with Crippen LogP contribution in [0, 0.1) is 0 Å². The van der Waals surface area contributed by atoms with Crippen molar-refractivity contribution >= 4 is 11.8 Å². The third kappa shape index (κ3) is 2.09. The number of piperidine rings is 1. The Hall–Kier alpha value is -0.940. The maximum Gasteiger partial charge on any atom is 0.246 e. The van der Waals surface area contributed by atoms with Crippen molar-refractivity contribution < 1.29 is 9.59 Å². The first-order valence-corrected chi connectivity index (χ1v) is 6.34. The van der Waals surface area contributed by atoms with Crippen LogP contribution in [0.1, 0.15) is 32.6 Å². The molecule has 0 aromatic heterocycles. The summed E-state index contributed by atoms with van der Waals surface area (Å²) in [4.78, 5) is 27.1. The molecule has 5 heteroatoms. The van der Waals surface area contributed by atoms with Gasteiger partial charge >= 0.3 is 0 Å². The maximum absolute atomic E-state index is 12.0. The van der Waals surface area contributed by atoms with Crippen LogP contribution in [0.5, 0.6) is 0 Å². The zero-order valence-corrected chi connectivity index (χ0v) is 10.6. The lowest BCUT2D eigenvalue weighted by atomic mass is 9.93. The van der Waals surface area contributed by atoms with Gasteiger partial charge in [-0.05, 0) is 19.8 Å². The summed E-state index contributed by atoms with van der Waals surface area (Å²) in [6.07, 6.45) is 3.58. The van der Waals surface area contributed by atoms with Gasteiger partial charge in [0.25, 0.3) is 0 Å². The molecule has 2 saturated heterocycles. The summed E-state index contributed by atoms with van der Waals surface area (Å²) < 4.78 is 0. The van der Waals surface area contributed by atoms with E-state index in [0.29, 0.717) is 19.0 Å². The van der Waals surface area contributed by atoms with Crippen LogP contribution in [-0.2, 0) is 9.59 Å². The van der Waals surface area contributed by atoms with Gasteiger partial charge in [0, 0.05) is 25.7 Å². The lowest BCUT2D eigenvalue weighted by Crippen LogP contribution is -2.55. The van der Waals surface area contributed by atoms with Crippen LogP contribution in [0.15, 0.2) is 0 Å². The van der Waals surface area contributed by atoms with E-state index in [2.05, 4.69) is 11.8 Å². The second kappa shape index (κ2) is 4.74. The van der Waals surface area contributed by atoms with Crippen molar-refractivity contribution in [3.8, 4) is 0 Å². The van der Waals surface area contributed by atoms with E-state index in [0.717, 1.165) is 19.3 Å². The number of likely N-dealkylation sites (N-methyl/N-ethyl adjacent to an activating group) is 1. The van der Waals surface area contributed by atoms with Crippen LogP contribution >= 0.6 is 0 Å². The molecule has 0 aromatic rings. The molecule has 0 saturated carbocycles. The number of carbonyl (C=O) groups excluding carboxylic acids is 2. The average Bonchev–Trinajstić information content (AvgIpc) is 2.56. The molecular weight excluding hydrogens is 218 g/mol. The minimum atomic E-state index is -0.281. The van der Waals surface area contributed by atoms with Gasteiger partial charge in [-0.3, -0.25) is 19.4 Å². The maximum atomic E-state index is 12.0. The Kier molecular flexibility index (Phi) is 3.49. The van der Waals surface area contributed by atoms with E-state index in [1.165, 1.54) is 4.90 Å². The van der Waals surface area contributed by atoms with Gasteiger partial charge < -0.3 is 5.73 Å². The van der Waals surface area contributed by atoms with E-state index in [-0.39, 0.29) is 23.9 Å². The zero-order valence-electron chi connectivity index (χ0n) is 10.6. The highest BCUT2D eigenvalue weighted by atomic mass is 16.2. The van der Waals surface area contributed by atoms with Gasteiger partial charge in [0.1, 0.15) is 0 Å². The van der Waals surface area contributed by atoms with E-state index in [1.807, 2.05) is 0 Å². The predicted molar refractivity (Wildman–Crippen MR) is 64.2 cm³/mol. The van der Waals surface area contributed by atoms with Crippen LogP contribution in [0.3, 0.4) is 0 Å². The van der Waals surface area contributed by atoms with Gasteiger partial charge in [-0.25, -0.2) is 0 Å². The van der Waals surface area contributed by atoms with E-state index >= 15 is 0 Å². The van der Waals surface area contributed by atoms with Gasteiger partial charge in [-0.2, -0.15) is 0 Å². The topological polar surface area (TPSA) is 66.6 Å². The first kappa shape index (κ1) is 12.5. The molecule has 0 spiro atoms. The summed E-state index contributed by atoms with van der Waals surface area (Å²) in [5.74, 6) is -0.143. The monoisotopic (exact) mass is 239 g/mol. The molecule has 0 radical (unpaired) electrons. The van der Waals surface area contributed by atoms with E-state index in [1.54, 1.807) is 7.05 Å². The van der Waals surface area contributed by atoms with Crippen molar-refractivity contribution in [3.05, 3.63) is 0 Å². The van der Waals surface area contributed by atoms with Gasteiger partial charge in [0.05, 0.1) is 12.5 Å². The van der Waals surface area contributed by atoms with Crippen molar-refractivity contribution in [2.75, 3.05) is 13.6 Å². The normalized spacial score (nSPS) is 35.7. The fraction of sp³-hybridized carbons (Fsp3) is 0.833. The van der Waals surface area contributed by atoms with Crippen molar-refractivity contribution in [1.82, 2.24) is 9.80 Å². The second-order valence-corrected chi connectivity index (χ2v) is 5.13. The summed E-state index contributed by atoms with van der Waals surface area (Å²) in [5, 5.41) is 0. The van der Waals surface area contributed by atoms with Crippen molar-refractivity contribution in [2.45, 2.75) is 50.7 Å². The fourth-order valence-electron chi connectivity index (χ4n) is 3.08. The van der Waals surface area contributed by atoms with Crippen LogP contribution in [0.4, 0.5) is 0 Å². The van der Waals surface area contributed by atoms with E-state index < -0.39 is 0 Å². The van der Waals surface area contributed by atoms with Crippen LogP contribution < -0.4 is 5.73 Å². The largest absolute Gasteiger partial charge is 0.329 e. The Balaban J connectivity index is 2.19. The predicted octanol–water partition coefficient (Wildman–Crippen LogP) is -0.0546. The molecule has 17 heavy (non-hydrogen) atoms. The molecule has 2 aliphatic heterocycles. The SMILES string of the molecule is CC1CCCC(CN)N1C1CC(=O)N(C)C1=O. The molecular formula is C12H21N3O2. The molecule has 96 valence electrons. The highest BCUT2D eigenvalue weighted by Gasteiger charge is 2.44. The Morgan fingerprint density at radius 2 is 2.06 bits per heavy atom. The highest BCUT2D eigenvalue weighted by Crippen LogP contribution is 2.29. The molecule has 2 fully saturated rings. The summed E-state index contributed by atoms with van der Waals surface area (Å²) in [5.41, 5.74) is 5.79. The van der Waals surface area contributed by atoms with Gasteiger partial charge in [0.2, 0.25) is 11.8 Å². The summed E-state index contributed by atoms with van der Waals surface area (Å²) in [6.45, 7) is 2.68. The Labute approximate surface area is 102 Å². The molecule has 2 aliphatic rings. The summed E-state index contributed by atoms with van der Waals surface area (Å²) >= 11 is 0. The average molecular weight is 239 g/mol. The Morgan fingerprint density at radius 3 is 2.59 bits per heavy atom. The molecule has 2 heterocycles. The van der Waals surface area contributed by atoms with Crippen molar-refractivity contribution in [2.24, 2.45) is 5.73 Å². The minimum absolute atomic E-state index is 0.0674. The summed E-state index contributed by atoms with van der Waals surface area (Å²) in [6, 6.07) is 0.300. The number of imide groups is 1. The van der Waals surface area contributed by atoms with Crippen LogP contribution in [-0.4, -0.2) is 53.3 Å². The molecule has 2 N–H and O–H groups in total. The van der Waals surface area contributed by atoms with Crippen molar-refractivity contribution in [3.63, 3.8) is 0 Å². The molecule has 3 unspecified atom stereocenters. The number of rotatable bonds is 2. The lowest BCUT2D eigenvalue weighted by Gasteiger charge is -2.42. The van der Waals surface area contributed by atoms with Crippen molar-refractivity contribution in [1.29, 1.82) is 0 Å². The first-order valence-electron chi connectivity index (χ1n) is 6.34. The number of likely N-dealkylation sites (tertiary alicyclic amines) is 2. The number of nitrogens with zero attached hydrogens (tertiary/aromatic N) is 2.